The van der Waals surface area contributed by atoms with Gasteiger partial charge in [0.05, 0.1) is 12.1 Å². The van der Waals surface area contributed by atoms with E-state index in [1.54, 1.807) is 0 Å². The molecule has 0 aliphatic heterocycles. The van der Waals surface area contributed by atoms with Crippen molar-refractivity contribution < 1.29 is 0 Å². The number of hydrogen-bond donors (Lipinski definition) is 1. The molecule has 0 bridgehead atoms. The molecule has 0 saturated heterocycles. The average Bonchev–Trinajstić information content (AvgIpc) is 2.50. The van der Waals surface area contributed by atoms with E-state index in [2.05, 4.69) is 10.3 Å². The van der Waals surface area contributed by atoms with E-state index in [0.29, 0.717) is 6.54 Å². The van der Waals surface area contributed by atoms with Crippen molar-refractivity contribution in [3.63, 3.8) is 0 Å². The maximum atomic E-state index is 5.42. The zero-order valence-corrected chi connectivity index (χ0v) is 6.64. The first-order valence-electron chi connectivity index (χ1n) is 3.90. The largest absolute Gasteiger partial charge is 0.329 e. The Morgan fingerprint density at radius 1 is 1.31 bits per heavy atom. The van der Waals surface area contributed by atoms with E-state index in [4.69, 9.17) is 5.73 Å². The van der Waals surface area contributed by atoms with Crippen LogP contribution >= 0.6 is 0 Å². The van der Waals surface area contributed by atoms with Gasteiger partial charge < -0.3 is 5.73 Å². The van der Waals surface area contributed by atoms with Gasteiger partial charge in [-0.3, -0.25) is 0 Å². The van der Waals surface area contributed by atoms with Crippen LogP contribution in [0.25, 0.3) is 11.0 Å². The molecule has 0 amide bonds. The summed E-state index contributed by atoms with van der Waals surface area (Å²) in [5.74, 6) is 0. The zero-order chi connectivity index (χ0) is 8.39. The van der Waals surface area contributed by atoms with Gasteiger partial charge >= 0.3 is 0 Å². The fourth-order valence-corrected chi connectivity index (χ4v) is 1.20. The van der Waals surface area contributed by atoms with Crippen molar-refractivity contribution >= 4 is 11.0 Å². The Hall–Kier alpha value is -1.42. The van der Waals surface area contributed by atoms with Crippen LogP contribution in [0.4, 0.5) is 0 Å². The molecule has 70 valence electrons. The Morgan fingerprint density at radius 2 is 2.08 bits per heavy atom. The molecule has 0 spiro atoms. The van der Waals surface area contributed by atoms with E-state index in [9.17, 15) is 0 Å². The number of hydrogen-bond acceptors (Lipinski definition) is 3. The molecule has 2 aromatic rings. The summed E-state index contributed by atoms with van der Waals surface area (Å²) in [6.45, 7) is 1.31. The number of nitrogens with two attached hydrogens (primary N) is 1. The number of fused-ring (bicyclic) bond motifs is 1. The van der Waals surface area contributed by atoms with Crippen LogP contribution in [0, 0.1) is 0 Å². The molecule has 0 aliphatic rings. The van der Waals surface area contributed by atoms with Crippen LogP contribution in [0.2, 0.25) is 0 Å². The number of para-hydroxylation sites is 1. The molecule has 4 heteroatoms. The Balaban J connectivity index is 0.000000845. The average molecular weight is 178 g/mol. The number of rotatable bonds is 2. The summed E-state index contributed by atoms with van der Waals surface area (Å²) in [5.41, 5.74) is 7.39. The summed E-state index contributed by atoms with van der Waals surface area (Å²) >= 11 is 0. The van der Waals surface area contributed by atoms with Crippen LogP contribution in [-0.2, 0) is 6.54 Å². The Morgan fingerprint density at radius 3 is 2.85 bits per heavy atom. The molecular weight excluding hydrogens is 164 g/mol. The van der Waals surface area contributed by atoms with Crippen molar-refractivity contribution in [1.29, 1.82) is 0 Å². The molecule has 0 unspecified atom stereocenters. The molecule has 1 heterocycles. The predicted molar refractivity (Wildman–Crippen MR) is 53.3 cm³/mol. The van der Waals surface area contributed by atoms with Gasteiger partial charge in [0.1, 0.15) is 5.52 Å². The molecule has 0 atom stereocenters. The number of aromatic nitrogens is 3. The van der Waals surface area contributed by atoms with Gasteiger partial charge in [-0.05, 0) is 12.1 Å². The van der Waals surface area contributed by atoms with E-state index in [1.807, 2.05) is 28.9 Å². The SMILES string of the molecule is C.NCCn1nnc2ccccc21. The summed E-state index contributed by atoms with van der Waals surface area (Å²) in [6, 6.07) is 7.85. The first kappa shape index (κ1) is 9.67. The third-order valence-electron chi connectivity index (χ3n) is 1.76. The Labute approximate surface area is 77.3 Å². The van der Waals surface area contributed by atoms with Gasteiger partial charge in [0.2, 0.25) is 0 Å². The minimum atomic E-state index is 0. The van der Waals surface area contributed by atoms with Crippen LogP contribution < -0.4 is 5.73 Å². The molecule has 0 fully saturated rings. The lowest BCUT2D eigenvalue weighted by Crippen LogP contribution is -2.10. The van der Waals surface area contributed by atoms with Crippen molar-refractivity contribution in [2.24, 2.45) is 5.73 Å². The van der Waals surface area contributed by atoms with Crippen LogP contribution in [0.15, 0.2) is 24.3 Å². The van der Waals surface area contributed by atoms with Gasteiger partial charge in [0.25, 0.3) is 0 Å². The van der Waals surface area contributed by atoms with Crippen LogP contribution in [0.1, 0.15) is 7.43 Å². The lowest BCUT2D eigenvalue weighted by atomic mass is 10.3. The minimum absolute atomic E-state index is 0. The molecular formula is C9H14N4. The summed E-state index contributed by atoms with van der Waals surface area (Å²) < 4.78 is 1.81. The summed E-state index contributed by atoms with van der Waals surface area (Å²) in [5, 5.41) is 7.97. The lowest BCUT2D eigenvalue weighted by Gasteiger charge is -1.96. The highest BCUT2D eigenvalue weighted by atomic mass is 15.4. The third kappa shape index (κ3) is 1.67. The zero-order valence-electron chi connectivity index (χ0n) is 6.64. The van der Waals surface area contributed by atoms with Crippen molar-refractivity contribution in [3.8, 4) is 0 Å². The van der Waals surface area contributed by atoms with Crippen LogP contribution in [0.3, 0.4) is 0 Å². The normalized spacial score (nSPS) is 9.92. The van der Waals surface area contributed by atoms with E-state index < -0.39 is 0 Å². The second-order valence-electron chi connectivity index (χ2n) is 2.59. The maximum absolute atomic E-state index is 5.42. The predicted octanol–water partition coefficient (Wildman–Crippen LogP) is 1.03. The van der Waals surface area contributed by atoms with Crippen molar-refractivity contribution in [2.75, 3.05) is 6.54 Å². The minimum Gasteiger partial charge on any atom is -0.329 e. The monoisotopic (exact) mass is 178 g/mol. The summed E-state index contributed by atoms with van der Waals surface area (Å²) in [6.07, 6.45) is 0. The number of benzene rings is 1. The molecule has 2 N–H and O–H groups in total. The second-order valence-corrected chi connectivity index (χ2v) is 2.59. The van der Waals surface area contributed by atoms with Crippen molar-refractivity contribution in [2.45, 2.75) is 14.0 Å². The van der Waals surface area contributed by atoms with Crippen LogP contribution in [0.5, 0.6) is 0 Å². The van der Waals surface area contributed by atoms with E-state index in [0.717, 1.165) is 17.6 Å². The Kier molecular flexibility index (Phi) is 2.97. The van der Waals surface area contributed by atoms with Crippen molar-refractivity contribution in [1.82, 2.24) is 15.0 Å². The smallest absolute Gasteiger partial charge is 0.113 e. The Bertz CT molecular complexity index is 380. The van der Waals surface area contributed by atoms with Crippen molar-refractivity contribution in [3.05, 3.63) is 24.3 Å². The van der Waals surface area contributed by atoms with Gasteiger partial charge in [0.15, 0.2) is 0 Å². The fraction of sp³-hybridized carbons (Fsp3) is 0.333. The van der Waals surface area contributed by atoms with E-state index in [-0.39, 0.29) is 7.43 Å². The molecule has 0 aliphatic carbocycles. The van der Waals surface area contributed by atoms with Crippen LogP contribution in [-0.4, -0.2) is 21.5 Å². The molecule has 0 saturated carbocycles. The second kappa shape index (κ2) is 4.00. The molecule has 4 nitrogen and oxygen atoms in total. The molecule has 13 heavy (non-hydrogen) atoms. The standard InChI is InChI=1S/C8H10N4.CH4/c9-5-6-12-8-4-2-1-3-7(8)10-11-12;/h1-4H,5-6,9H2;1H4. The van der Waals surface area contributed by atoms with Gasteiger partial charge in [-0.1, -0.05) is 24.8 Å². The molecule has 2 rings (SSSR count). The van der Waals surface area contributed by atoms with Gasteiger partial charge in [0, 0.05) is 6.54 Å². The van der Waals surface area contributed by atoms with Gasteiger partial charge in [-0.15, -0.1) is 5.10 Å². The highest BCUT2D eigenvalue weighted by Crippen LogP contribution is 2.08. The van der Waals surface area contributed by atoms with E-state index >= 15 is 0 Å². The fourth-order valence-electron chi connectivity index (χ4n) is 1.20. The van der Waals surface area contributed by atoms with E-state index in [1.165, 1.54) is 0 Å². The van der Waals surface area contributed by atoms with Gasteiger partial charge in [-0.25, -0.2) is 4.68 Å². The molecule has 1 aromatic carbocycles. The highest BCUT2D eigenvalue weighted by molar-refractivity contribution is 5.73. The first-order chi connectivity index (χ1) is 5.92. The van der Waals surface area contributed by atoms with Gasteiger partial charge in [-0.2, -0.15) is 0 Å². The topological polar surface area (TPSA) is 56.7 Å². The molecule has 1 aromatic heterocycles. The summed E-state index contributed by atoms with van der Waals surface area (Å²) in [7, 11) is 0. The molecule has 0 radical (unpaired) electrons. The highest BCUT2D eigenvalue weighted by Gasteiger charge is 2.00. The summed E-state index contributed by atoms with van der Waals surface area (Å²) in [4.78, 5) is 0. The maximum Gasteiger partial charge on any atom is 0.113 e. The first-order valence-corrected chi connectivity index (χ1v) is 3.90. The number of nitrogens with zero attached hydrogens (tertiary/aromatic N) is 3. The third-order valence-corrected chi connectivity index (χ3v) is 1.76. The lowest BCUT2D eigenvalue weighted by molar-refractivity contribution is 0.616. The quantitative estimate of drug-likeness (QED) is 0.747.